The maximum absolute atomic E-state index is 5.60. The Balaban J connectivity index is 2.21. The number of aromatic nitrogens is 2. The lowest BCUT2D eigenvalue weighted by molar-refractivity contribution is 0.188. The number of benzene rings is 2. The Bertz CT molecular complexity index is 864. The molecule has 0 radical (unpaired) electrons. The van der Waals surface area contributed by atoms with E-state index in [1.54, 1.807) is 14.2 Å². The first-order valence-electron chi connectivity index (χ1n) is 8.70. The first-order chi connectivity index (χ1) is 12.1. The molecule has 0 bridgehead atoms. The van der Waals surface area contributed by atoms with Gasteiger partial charge in [0.2, 0.25) is 0 Å². The Hall–Kier alpha value is -2.33. The van der Waals surface area contributed by atoms with Gasteiger partial charge in [0.25, 0.3) is 0 Å². The van der Waals surface area contributed by atoms with Crippen molar-refractivity contribution in [3.63, 3.8) is 0 Å². The minimum atomic E-state index is 0.517. The number of nitrogens with zero attached hydrogens (tertiary/aromatic N) is 2. The lowest BCUT2D eigenvalue weighted by atomic mass is 10.0. The third kappa shape index (κ3) is 3.27. The van der Waals surface area contributed by atoms with Gasteiger partial charge in [0.1, 0.15) is 17.1 Å². The summed E-state index contributed by atoms with van der Waals surface area (Å²) in [6, 6.07) is 12.7. The van der Waals surface area contributed by atoms with Gasteiger partial charge in [0, 0.05) is 19.2 Å². The van der Waals surface area contributed by atoms with Crippen LogP contribution in [0.25, 0.3) is 22.4 Å². The number of fused-ring (bicyclic) bond motifs is 1. The van der Waals surface area contributed by atoms with E-state index in [4.69, 9.17) is 14.5 Å². The zero-order valence-corrected chi connectivity index (χ0v) is 15.7. The molecule has 3 rings (SSSR count). The molecule has 25 heavy (non-hydrogen) atoms. The average Bonchev–Trinajstić information content (AvgIpc) is 3.01. The Morgan fingerprint density at radius 1 is 1.04 bits per heavy atom. The van der Waals surface area contributed by atoms with Gasteiger partial charge >= 0.3 is 0 Å². The van der Waals surface area contributed by atoms with Crippen molar-refractivity contribution in [3.8, 4) is 17.1 Å². The summed E-state index contributed by atoms with van der Waals surface area (Å²) < 4.78 is 13.1. The fourth-order valence-corrected chi connectivity index (χ4v) is 3.14. The van der Waals surface area contributed by atoms with Crippen LogP contribution in [0.5, 0.6) is 5.75 Å². The molecule has 0 saturated heterocycles. The number of rotatable bonds is 6. The molecule has 0 unspecified atom stereocenters. The molecule has 0 aliphatic rings. The summed E-state index contributed by atoms with van der Waals surface area (Å²) in [4.78, 5) is 4.95. The van der Waals surface area contributed by atoms with Gasteiger partial charge < -0.3 is 14.0 Å². The van der Waals surface area contributed by atoms with Gasteiger partial charge in [-0.15, -0.1) is 0 Å². The Morgan fingerprint density at radius 3 is 2.36 bits per heavy atom. The fraction of sp³-hybridized carbons (Fsp3) is 0.381. The van der Waals surface area contributed by atoms with E-state index in [-0.39, 0.29) is 0 Å². The highest BCUT2D eigenvalue weighted by molar-refractivity contribution is 5.88. The van der Waals surface area contributed by atoms with Gasteiger partial charge in [-0.2, -0.15) is 0 Å². The minimum absolute atomic E-state index is 0.517. The van der Waals surface area contributed by atoms with Crippen molar-refractivity contribution in [2.24, 2.45) is 0 Å². The van der Waals surface area contributed by atoms with Crippen molar-refractivity contribution in [1.29, 1.82) is 0 Å². The van der Waals surface area contributed by atoms with Crippen LogP contribution in [-0.2, 0) is 11.3 Å². The molecule has 4 nitrogen and oxygen atoms in total. The maximum Gasteiger partial charge on any atom is 0.144 e. The van der Waals surface area contributed by atoms with Crippen LogP contribution >= 0.6 is 0 Å². The molecular formula is C21H26N2O2. The first-order valence-corrected chi connectivity index (χ1v) is 8.70. The molecule has 0 saturated carbocycles. The van der Waals surface area contributed by atoms with E-state index >= 15 is 0 Å². The van der Waals surface area contributed by atoms with Crippen molar-refractivity contribution < 1.29 is 9.47 Å². The number of imidazole rings is 1. The normalized spacial score (nSPS) is 11.4. The third-order valence-corrected chi connectivity index (χ3v) is 4.63. The Kier molecular flexibility index (Phi) is 5.09. The largest absolute Gasteiger partial charge is 0.494 e. The average molecular weight is 338 g/mol. The molecule has 3 aromatic rings. The van der Waals surface area contributed by atoms with E-state index in [1.807, 2.05) is 6.07 Å². The van der Waals surface area contributed by atoms with Crippen LogP contribution in [0.1, 0.15) is 30.9 Å². The standard InChI is InChI=1S/C21H26N2O2/c1-14(2)16-7-9-17(10-8-16)21-22-19-15(3)6-11-18(25-5)20(19)23(21)12-13-24-4/h6-11,14H,12-13H2,1-5H3. The highest BCUT2D eigenvalue weighted by atomic mass is 16.5. The van der Waals surface area contributed by atoms with Gasteiger partial charge in [-0.1, -0.05) is 44.2 Å². The fourth-order valence-electron chi connectivity index (χ4n) is 3.14. The van der Waals surface area contributed by atoms with E-state index in [2.05, 4.69) is 55.7 Å². The molecule has 0 fully saturated rings. The molecule has 4 heteroatoms. The highest BCUT2D eigenvalue weighted by Gasteiger charge is 2.18. The highest BCUT2D eigenvalue weighted by Crippen LogP contribution is 2.33. The summed E-state index contributed by atoms with van der Waals surface area (Å²) in [5, 5.41) is 0. The van der Waals surface area contributed by atoms with Gasteiger partial charge in [0.05, 0.1) is 19.2 Å². The monoisotopic (exact) mass is 338 g/mol. The van der Waals surface area contributed by atoms with Crippen molar-refractivity contribution >= 4 is 11.0 Å². The van der Waals surface area contributed by atoms with Crippen LogP contribution in [0.15, 0.2) is 36.4 Å². The van der Waals surface area contributed by atoms with Gasteiger partial charge in [-0.3, -0.25) is 0 Å². The molecule has 0 aliphatic carbocycles. The topological polar surface area (TPSA) is 36.3 Å². The van der Waals surface area contributed by atoms with Crippen LogP contribution in [-0.4, -0.2) is 30.4 Å². The van der Waals surface area contributed by atoms with E-state index in [0.29, 0.717) is 12.5 Å². The number of ether oxygens (including phenoxy) is 2. The minimum Gasteiger partial charge on any atom is -0.494 e. The maximum atomic E-state index is 5.60. The van der Waals surface area contributed by atoms with Crippen LogP contribution < -0.4 is 4.74 Å². The molecule has 2 aromatic carbocycles. The molecule has 0 atom stereocenters. The summed E-state index contributed by atoms with van der Waals surface area (Å²) in [6.07, 6.45) is 0. The predicted molar refractivity (Wildman–Crippen MR) is 102 cm³/mol. The number of hydrogen-bond acceptors (Lipinski definition) is 3. The van der Waals surface area contributed by atoms with Crippen molar-refractivity contribution in [2.75, 3.05) is 20.8 Å². The van der Waals surface area contributed by atoms with Crippen LogP contribution in [0.4, 0.5) is 0 Å². The second-order valence-electron chi connectivity index (χ2n) is 6.64. The molecule has 1 heterocycles. The van der Waals surface area contributed by atoms with E-state index in [1.165, 1.54) is 5.56 Å². The van der Waals surface area contributed by atoms with Gasteiger partial charge in [-0.05, 0) is 30.0 Å². The lowest BCUT2D eigenvalue weighted by Gasteiger charge is -2.12. The third-order valence-electron chi connectivity index (χ3n) is 4.63. The van der Waals surface area contributed by atoms with Crippen molar-refractivity contribution in [2.45, 2.75) is 33.2 Å². The smallest absolute Gasteiger partial charge is 0.144 e. The molecule has 0 spiro atoms. The van der Waals surface area contributed by atoms with E-state index in [9.17, 15) is 0 Å². The summed E-state index contributed by atoms with van der Waals surface area (Å²) in [7, 11) is 3.42. The molecular weight excluding hydrogens is 312 g/mol. The first kappa shape index (κ1) is 17.5. The summed E-state index contributed by atoms with van der Waals surface area (Å²) in [5.74, 6) is 2.31. The molecule has 1 aromatic heterocycles. The van der Waals surface area contributed by atoms with E-state index in [0.717, 1.165) is 40.3 Å². The summed E-state index contributed by atoms with van der Waals surface area (Å²) in [5.41, 5.74) is 5.60. The van der Waals surface area contributed by atoms with E-state index < -0.39 is 0 Å². The van der Waals surface area contributed by atoms with Crippen LogP contribution in [0.3, 0.4) is 0 Å². The summed E-state index contributed by atoms with van der Waals surface area (Å²) in [6.45, 7) is 7.85. The number of methoxy groups -OCH3 is 2. The second-order valence-corrected chi connectivity index (χ2v) is 6.64. The molecule has 0 amide bonds. The SMILES string of the molecule is COCCn1c(-c2ccc(C(C)C)cc2)nc2c(C)ccc(OC)c21. The number of aryl methyl sites for hydroxylation is 1. The van der Waals surface area contributed by atoms with Crippen LogP contribution in [0, 0.1) is 6.92 Å². The van der Waals surface area contributed by atoms with Crippen molar-refractivity contribution in [1.82, 2.24) is 9.55 Å². The Labute approximate surface area is 149 Å². The second kappa shape index (κ2) is 7.28. The lowest BCUT2D eigenvalue weighted by Crippen LogP contribution is -2.06. The molecule has 0 N–H and O–H groups in total. The quantitative estimate of drug-likeness (QED) is 0.648. The van der Waals surface area contributed by atoms with Gasteiger partial charge in [0.15, 0.2) is 0 Å². The number of hydrogen-bond donors (Lipinski definition) is 0. The molecule has 0 aliphatic heterocycles. The van der Waals surface area contributed by atoms with Crippen LogP contribution in [0.2, 0.25) is 0 Å². The predicted octanol–water partition coefficient (Wildman–Crippen LogP) is 4.79. The zero-order chi connectivity index (χ0) is 18.0. The molecule has 132 valence electrons. The van der Waals surface area contributed by atoms with Crippen molar-refractivity contribution in [3.05, 3.63) is 47.5 Å². The summed E-state index contributed by atoms with van der Waals surface area (Å²) >= 11 is 0. The van der Waals surface area contributed by atoms with Gasteiger partial charge in [-0.25, -0.2) is 4.98 Å². The zero-order valence-electron chi connectivity index (χ0n) is 15.7. The Morgan fingerprint density at radius 2 is 1.76 bits per heavy atom.